The van der Waals surface area contributed by atoms with Crippen LogP contribution in [0.2, 0.25) is 0 Å². The SMILES string of the molecule is CC[C@]12C(=O)[C@@](CC)(C(c3ccccc3)=C1c1ccccc1)[C@@H]1C(=O)N(c3ccc(OC)cc3)C(=O)[C@H]12. The largest absolute Gasteiger partial charge is 0.497 e. The summed E-state index contributed by atoms with van der Waals surface area (Å²) >= 11 is 0. The number of ketones is 1. The van der Waals surface area contributed by atoms with Gasteiger partial charge < -0.3 is 4.74 Å². The van der Waals surface area contributed by atoms with Crippen molar-refractivity contribution < 1.29 is 19.1 Å². The van der Waals surface area contributed by atoms with Crippen LogP contribution < -0.4 is 9.64 Å². The highest BCUT2D eigenvalue weighted by atomic mass is 16.5. The molecule has 1 aliphatic heterocycles. The number of Topliss-reactive ketones (excluding diaryl/α,β-unsaturated/α-hetero) is 1. The van der Waals surface area contributed by atoms with Gasteiger partial charge in [-0.25, -0.2) is 4.90 Å². The smallest absolute Gasteiger partial charge is 0.239 e. The van der Waals surface area contributed by atoms with Crippen molar-refractivity contribution in [2.45, 2.75) is 26.7 Å². The highest BCUT2D eigenvalue weighted by Gasteiger charge is 2.80. The summed E-state index contributed by atoms with van der Waals surface area (Å²) in [5, 5.41) is 0. The topological polar surface area (TPSA) is 63.7 Å². The number of hydrogen-bond donors (Lipinski definition) is 0. The number of anilines is 1. The van der Waals surface area contributed by atoms with E-state index in [0.717, 1.165) is 22.3 Å². The monoisotopic (exact) mass is 491 g/mol. The Bertz CT molecular complexity index is 1360. The van der Waals surface area contributed by atoms with E-state index in [1.165, 1.54) is 4.90 Å². The van der Waals surface area contributed by atoms with Crippen molar-refractivity contribution in [1.82, 2.24) is 0 Å². The fourth-order valence-corrected chi connectivity index (χ4v) is 7.44. The van der Waals surface area contributed by atoms with E-state index >= 15 is 0 Å². The predicted octanol–water partition coefficient (Wildman–Crippen LogP) is 5.80. The number of rotatable bonds is 6. The third-order valence-electron chi connectivity index (χ3n) is 8.89. The van der Waals surface area contributed by atoms with Crippen LogP contribution in [0.1, 0.15) is 37.8 Å². The molecule has 2 amide bonds. The van der Waals surface area contributed by atoms with Crippen LogP contribution in [0.4, 0.5) is 5.69 Å². The maximum atomic E-state index is 14.7. The first kappa shape index (κ1) is 23.4. The number of methoxy groups -OCH3 is 1. The zero-order valence-electron chi connectivity index (χ0n) is 21.2. The third-order valence-corrected chi connectivity index (χ3v) is 8.89. The number of amides is 2. The molecule has 3 aliphatic rings. The van der Waals surface area contributed by atoms with Gasteiger partial charge in [0.25, 0.3) is 0 Å². The minimum absolute atomic E-state index is 0.0220. The first-order valence-electron chi connectivity index (χ1n) is 12.9. The Labute approximate surface area is 216 Å². The quantitative estimate of drug-likeness (QED) is 0.409. The Morgan fingerprint density at radius 3 is 1.49 bits per heavy atom. The number of carbonyl (C=O) groups excluding carboxylic acids is 3. The van der Waals surface area contributed by atoms with Crippen LogP contribution in [0, 0.1) is 22.7 Å². The molecule has 186 valence electrons. The summed E-state index contributed by atoms with van der Waals surface area (Å²) in [6, 6.07) is 26.8. The fourth-order valence-electron chi connectivity index (χ4n) is 7.44. The Kier molecular flexibility index (Phi) is 5.23. The molecule has 2 bridgehead atoms. The summed E-state index contributed by atoms with van der Waals surface area (Å²) in [5.41, 5.74) is 2.07. The Balaban J connectivity index is 1.64. The molecule has 3 aromatic carbocycles. The molecule has 0 radical (unpaired) electrons. The van der Waals surface area contributed by atoms with Crippen LogP contribution in [0.25, 0.3) is 11.1 Å². The van der Waals surface area contributed by atoms with Crippen molar-refractivity contribution in [2.24, 2.45) is 22.7 Å². The number of hydrogen-bond acceptors (Lipinski definition) is 4. The van der Waals surface area contributed by atoms with Gasteiger partial charge in [0.2, 0.25) is 11.8 Å². The first-order valence-corrected chi connectivity index (χ1v) is 12.9. The summed E-state index contributed by atoms with van der Waals surface area (Å²) in [7, 11) is 1.58. The van der Waals surface area contributed by atoms with Crippen molar-refractivity contribution in [1.29, 1.82) is 0 Å². The summed E-state index contributed by atoms with van der Waals surface area (Å²) in [6.07, 6.45) is 0.898. The molecule has 4 atom stereocenters. The van der Waals surface area contributed by atoms with Crippen molar-refractivity contribution in [2.75, 3.05) is 12.0 Å². The van der Waals surface area contributed by atoms with Gasteiger partial charge in [0.05, 0.1) is 35.5 Å². The number of carbonyl (C=O) groups is 3. The first-order chi connectivity index (χ1) is 18.0. The molecule has 2 aliphatic carbocycles. The molecule has 37 heavy (non-hydrogen) atoms. The van der Waals surface area contributed by atoms with E-state index < -0.39 is 22.7 Å². The molecular weight excluding hydrogens is 462 g/mol. The van der Waals surface area contributed by atoms with E-state index in [4.69, 9.17) is 4.74 Å². The van der Waals surface area contributed by atoms with Crippen LogP contribution in [0.5, 0.6) is 5.75 Å². The highest BCUT2D eigenvalue weighted by Crippen LogP contribution is 2.75. The van der Waals surface area contributed by atoms with Crippen LogP contribution >= 0.6 is 0 Å². The maximum Gasteiger partial charge on any atom is 0.239 e. The molecule has 5 nitrogen and oxygen atoms in total. The molecule has 0 aromatic heterocycles. The molecule has 6 rings (SSSR count). The molecular formula is C32H29NO4. The highest BCUT2D eigenvalue weighted by molar-refractivity contribution is 6.34. The summed E-state index contributed by atoms with van der Waals surface area (Å²) in [5.74, 6) is -1.37. The van der Waals surface area contributed by atoms with Gasteiger partial charge in [-0.05, 0) is 59.4 Å². The Morgan fingerprint density at radius 2 is 1.11 bits per heavy atom. The van der Waals surface area contributed by atoms with Gasteiger partial charge in [-0.15, -0.1) is 0 Å². The van der Waals surface area contributed by atoms with Gasteiger partial charge in [0.15, 0.2) is 5.78 Å². The molecule has 5 heteroatoms. The van der Waals surface area contributed by atoms with E-state index in [2.05, 4.69) is 0 Å². The molecule has 3 aromatic rings. The molecule has 1 saturated heterocycles. The number of ether oxygens (including phenoxy) is 1. The lowest BCUT2D eigenvalue weighted by molar-refractivity contribution is -0.134. The number of fused-ring (bicyclic) bond motifs is 5. The van der Waals surface area contributed by atoms with Gasteiger partial charge in [0, 0.05) is 0 Å². The van der Waals surface area contributed by atoms with Crippen LogP contribution in [0.3, 0.4) is 0 Å². The number of imide groups is 1. The van der Waals surface area contributed by atoms with Crippen molar-refractivity contribution >= 4 is 34.4 Å². The van der Waals surface area contributed by atoms with Gasteiger partial charge >= 0.3 is 0 Å². The molecule has 1 saturated carbocycles. The number of nitrogens with zero attached hydrogens (tertiary/aromatic N) is 1. The Hall–Kier alpha value is -3.99. The molecule has 1 heterocycles. The van der Waals surface area contributed by atoms with Crippen LogP contribution in [0.15, 0.2) is 84.9 Å². The second-order valence-electron chi connectivity index (χ2n) is 10.1. The van der Waals surface area contributed by atoms with Crippen molar-refractivity contribution in [3.05, 3.63) is 96.1 Å². The van der Waals surface area contributed by atoms with Gasteiger partial charge in [-0.2, -0.15) is 0 Å². The zero-order valence-corrected chi connectivity index (χ0v) is 21.2. The molecule has 0 N–H and O–H groups in total. The lowest BCUT2D eigenvalue weighted by Gasteiger charge is -2.38. The summed E-state index contributed by atoms with van der Waals surface area (Å²) in [4.78, 5) is 44.5. The zero-order chi connectivity index (χ0) is 25.9. The molecule has 0 spiro atoms. The van der Waals surface area contributed by atoms with Crippen molar-refractivity contribution in [3.63, 3.8) is 0 Å². The fraction of sp³-hybridized carbons (Fsp3) is 0.281. The normalized spacial score (nSPS) is 28.3. The lowest BCUT2D eigenvalue weighted by atomic mass is 9.60. The standard InChI is InChI=1S/C32H29NO4/c1-4-31-24(20-12-8-6-9-13-20)25(21-14-10-7-11-15-21)32(5-2,30(31)36)27-26(31)28(34)33(29(27)35)22-16-18-23(37-3)19-17-22/h6-19,26-27H,4-5H2,1-3H3/t26-,27-,31-,32-/m0/s1. The van der Waals surface area contributed by atoms with E-state index in [1.807, 2.05) is 74.5 Å². The second-order valence-corrected chi connectivity index (χ2v) is 10.1. The van der Waals surface area contributed by atoms with E-state index in [0.29, 0.717) is 24.3 Å². The Morgan fingerprint density at radius 1 is 0.676 bits per heavy atom. The minimum Gasteiger partial charge on any atom is -0.497 e. The third kappa shape index (κ3) is 2.77. The number of allylic oxidation sites excluding steroid dienone is 2. The predicted molar refractivity (Wildman–Crippen MR) is 143 cm³/mol. The van der Waals surface area contributed by atoms with Crippen molar-refractivity contribution in [3.8, 4) is 5.75 Å². The average Bonchev–Trinajstić information content (AvgIpc) is 3.45. The van der Waals surface area contributed by atoms with Crippen LogP contribution in [-0.4, -0.2) is 24.7 Å². The van der Waals surface area contributed by atoms with Crippen LogP contribution in [-0.2, 0) is 14.4 Å². The minimum atomic E-state index is -1.07. The van der Waals surface area contributed by atoms with Gasteiger partial charge in [-0.1, -0.05) is 74.5 Å². The summed E-state index contributed by atoms with van der Waals surface area (Å²) < 4.78 is 5.27. The van der Waals surface area contributed by atoms with E-state index in [1.54, 1.807) is 31.4 Å². The van der Waals surface area contributed by atoms with Gasteiger partial charge in [-0.3, -0.25) is 14.4 Å². The average molecular weight is 492 g/mol. The molecule has 0 unspecified atom stereocenters. The maximum absolute atomic E-state index is 14.7. The lowest BCUT2D eigenvalue weighted by Crippen LogP contribution is -2.41. The van der Waals surface area contributed by atoms with E-state index in [9.17, 15) is 14.4 Å². The van der Waals surface area contributed by atoms with E-state index in [-0.39, 0.29) is 17.6 Å². The molecule has 2 fully saturated rings. The summed E-state index contributed by atoms with van der Waals surface area (Å²) in [6.45, 7) is 3.96. The van der Waals surface area contributed by atoms with Gasteiger partial charge in [0.1, 0.15) is 5.75 Å². The number of benzene rings is 3. The second kappa shape index (κ2) is 8.27.